The molecule has 0 spiro atoms. The standard InChI is InChI=1S/C20H21N3O6S2/c1-12(13-4-3-5-16(10-13)30(21,26)27)22(2)19(24)14-6-9-17-18(11-14)31(28,29)23(20(17)25)15-7-8-15/h3-6,9-12,15H,7-8H2,1-2H3,(H2,21,26,27). The fourth-order valence-electron chi connectivity index (χ4n) is 3.60. The van der Waals surface area contributed by atoms with Gasteiger partial charge in [0.15, 0.2) is 0 Å². The molecule has 0 bridgehead atoms. The molecule has 1 saturated carbocycles. The van der Waals surface area contributed by atoms with E-state index >= 15 is 0 Å². The fraction of sp³-hybridized carbons (Fsp3) is 0.300. The molecule has 2 aromatic carbocycles. The molecule has 2 amide bonds. The van der Waals surface area contributed by atoms with Crippen molar-refractivity contribution in [1.82, 2.24) is 9.21 Å². The van der Waals surface area contributed by atoms with Gasteiger partial charge in [-0.05, 0) is 55.7 Å². The van der Waals surface area contributed by atoms with Gasteiger partial charge < -0.3 is 4.90 Å². The number of sulfonamides is 2. The number of carbonyl (C=O) groups is 2. The van der Waals surface area contributed by atoms with Gasteiger partial charge in [-0.1, -0.05) is 12.1 Å². The second-order valence-corrected chi connectivity index (χ2v) is 11.1. The summed E-state index contributed by atoms with van der Waals surface area (Å²) in [5.74, 6) is -1.03. The lowest BCUT2D eigenvalue weighted by Crippen LogP contribution is -2.32. The average molecular weight is 464 g/mol. The average Bonchev–Trinajstić information content (AvgIpc) is 3.53. The third-order valence-electron chi connectivity index (χ3n) is 5.64. The van der Waals surface area contributed by atoms with Crippen molar-refractivity contribution in [2.45, 2.75) is 41.6 Å². The van der Waals surface area contributed by atoms with E-state index in [2.05, 4.69) is 0 Å². The van der Waals surface area contributed by atoms with Crippen LogP contribution in [-0.4, -0.2) is 50.9 Å². The summed E-state index contributed by atoms with van der Waals surface area (Å²) in [5.41, 5.74) is 0.732. The molecule has 1 fully saturated rings. The highest BCUT2D eigenvalue weighted by atomic mass is 32.2. The van der Waals surface area contributed by atoms with E-state index in [0.29, 0.717) is 18.4 Å². The van der Waals surface area contributed by atoms with Crippen LogP contribution in [0.4, 0.5) is 0 Å². The van der Waals surface area contributed by atoms with Crippen LogP contribution in [0, 0.1) is 0 Å². The molecule has 11 heteroatoms. The van der Waals surface area contributed by atoms with Crippen LogP contribution in [0.3, 0.4) is 0 Å². The van der Waals surface area contributed by atoms with Gasteiger partial charge in [-0.3, -0.25) is 9.59 Å². The van der Waals surface area contributed by atoms with Gasteiger partial charge in [0, 0.05) is 18.7 Å². The molecule has 1 aliphatic heterocycles. The lowest BCUT2D eigenvalue weighted by atomic mass is 10.1. The minimum Gasteiger partial charge on any atom is -0.335 e. The Morgan fingerprint density at radius 2 is 1.87 bits per heavy atom. The number of fused-ring (bicyclic) bond motifs is 1. The van der Waals surface area contributed by atoms with Gasteiger partial charge in [0.25, 0.3) is 21.8 Å². The van der Waals surface area contributed by atoms with Crippen LogP contribution in [0.1, 0.15) is 52.1 Å². The van der Waals surface area contributed by atoms with Gasteiger partial charge in [0.2, 0.25) is 10.0 Å². The van der Waals surface area contributed by atoms with Crippen molar-refractivity contribution in [3.05, 3.63) is 59.2 Å². The first-order chi connectivity index (χ1) is 14.4. The van der Waals surface area contributed by atoms with Crippen molar-refractivity contribution in [3.8, 4) is 0 Å². The zero-order chi connectivity index (χ0) is 22.7. The van der Waals surface area contributed by atoms with Gasteiger partial charge in [0.05, 0.1) is 16.5 Å². The molecule has 9 nitrogen and oxygen atoms in total. The SMILES string of the molecule is CC(c1cccc(S(N)(=O)=O)c1)N(C)C(=O)c1ccc2c(c1)S(=O)(=O)N(C1CC1)C2=O. The monoisotopic (exact) mass is 463 g/mol. The van der Waals surface area contributed by atoms with Gasteiger partial charge in [0.1, 0.15) is 4.90 Å². The third kappa shape index (κ3) is 3.62. The summed E-state index contributed by atoms with van der Waals surface area (Å²) in [6.07, 6.45) is 1.28. The van der Waals surface area contributed by atoms with E-state index in [0.717, 1.165) is 4.31 Å². The van der Waals surface area contributed by atoms with Crippen molar-refractivity contribution < 1.29 is 26.4 Å². The lowest BCUT2D eigenvalue weighted by Gasteiger charge is -2.26. The Morgan fingerprint density at radius 1 is 1.19 bits per heavy atom. The molecule has 1 atom stereocenters. The number of hydrogen-bond donors (Lipinski definition) is 1. The lowest BCUT2D eigenvalue weighted by molar-refractivity contribution is 0.0741. The summed E-state index contributed by atoms with van der Waals surface area (Å²) < 4.78 is 49.8. The van der Waals surface area contributed by atoms with Crippen LogP contribution in [0.15, 0.2) is 52.3 Å². The van der Waals surface area contributed by atoms with Gasteiger partial charge >= 0.3 is 0 Å². The van der Waals surface area contributed by atoms with Crippen molar-refractivity contribution in [3.63, 3.8) is 0 Å². The van der Waals surface area contributed by atoms with Crippen molar-refractivity contribution in [2.24, 2.45) is 5.14 Å². The highest BCUT2D eigenvalue weighted by Gasteiger charge is 2.48. The number of primary sulfonamides is 1. The first kappa shape index (κ1) is 21.5. The molecule has 1 unspecified atom stereocenters. The Balaban J connectivity index is 1.64. The topological polar surface area (TPSA) is 135 Å². The molecule has 2 N–H and O–H groups in total. The van der Waals surface area contributed by atoms with Crippen LogP contribution in [0.25, 0.3) is 0 Å². The Kier molecular flexibility index (Phi) is 4.95. The minimum atomic E-state index is -3.98. The van der Waals surface area contributed by atoms with Crippen LogP contribution in [-0.2, 0) is 20.0 Å². The maximum absolute atomic E-state index is 13.1. The highest BCUT2D eigenvalue weighted by molar-refractivity contribution is 7.90. The van der Waals surface area contributed by atoms with E-state index in [1.807, 2.05) is 0 Å². The predicted octanol–water partition coefficient (Wildman–Crippen LogP) is 1.47. The Morgan fingerprint density at radius 3 is 2.48 bits per heavy atom. The van der Waals surface area contributed by atoms with E-state index in [9.17, 15) is 26.4 Å². The second-order valence-electron chi connectivity index (χ2n) is 7.76. The summed E-state index contributed by atoms with van der Waals surface area (Å²) in [6, 6.07) is 9.15. The van der Waals surface area contributed by atoms with Crippen molar-refractivity contribution >= 4 is 31.9 Å². The number of rotatable bonds is 5. The van der Waals surface area contributed by atoms with E-state index in [4.69, 9.17) is 5.14 Å². The number of hydrogen-bond acceptors (Lipinski definition) is 6. The molecule has 0 radical (unpaired) electrons. The molecule has 1 heterocycles. The third-order valence-corrected chi connectivity index (χ3v) is 8.43. The second kappa shape index (κ2) is 7.14. The van der Waals surface area contributed by atoms with Crippen LogP contribution in [0.5, 0.6) is 0 Å². The van der Waals surface area contributed by atoms with E-state index < -0.39 is 37.9 Å². The molecule has 31 heavy (non-hydrogen) atoms. The Hall–Kier alpha value is -2.76. The summed E-state index contributed by atoms with van der Waals surface area (Å²) in [7, 11) is -6.34. The van der Waals surface area contributed by atoms with Gasteiger partial charge in [-0.2, -0.15) is 0 Å². The number of amides is 2. The molecular weight excluding hydrogens is 442 g/mol. The van der Waals surface area contributed by atoms with Gasteiger partial charge in [-0.25, -0.2) is 26.3 Å². The Bertz CT molecular complexity index is 1320. The summed E-state index contributed by atoms with van der Waals surface area (Å²) in [6.45, 7) is 1.71. The number of nitrogens with zero attached hydrogens (tertiary/aromatic N) is 2. The van der Waals surface area contributed by atoms with Crippen LogP contribution >= 0.6 is 0 Å². The highest BCUT2D eigenvalue weighted by Crippen LogP contribution is 2.40. The van der Waals surface area contributed by atoms with Crippen LogP contribution < -0.4 is 5.14 Å². The number of benzene rings is 2. The summed E-state index contributed by atoms with van der Waals surface area (Å²) in [4.78, 5) is 26.7. The normalized spacial score (nSPS) is 18.5. The fourth-order valence-corrected chi connectivity index (χ4v) is 6.01. The molecular formula is C20H21N3O6S2. The zero-order valence-electron chi connectivity index (χ0n) is 16.8. The molecule has 1 aliphatic carbocycles. The van der Waals surface area contributed by atoms with E-state index in [1.54, 1.807) is 13.0 Å². The van der Waals surface area contributed by atoms with Crippen molar-refractivity contribution in [1.29, 1.82) is 0 Å². The maximum atomic E-state index is 13.1. The zero-order valence-corrected chi connectivity index (χ0v) is 18.5. The molecule has 2 aromatic rings. The van der Waals surface area contributed by atoms with E-state index in [-0.39, 0.29) is 27.0 Å². The molecule has 2 aliphatic rings. The predicted molar refractivity (Wildman–Crippen MR) is 111 cm³/mol. The quantitative estimate of drug-likeness (QED) is 0.713. The summed E-state index contributed by atoms with van der Waals surface area (Å²) >= 11 is 0. The molecule has 164 valence electrons. The van der Waals surface area contributed by atoms with Gasteiger partial charge in [-0.15, -0.1) is 0 Å². The van der Waals surface area contributed by atoms with E-state index in [1.165, 1.54) is 48.3 Å². The summed E-state index contributed by atoms with van der Waals surface area (Å²) in [5, 5.41) is 5.18. The number of nitrogens with two attached hydrogens (primary N) is 1. The largest absolute Gasteiger partial charge is 0.335 e. The minimum absolute atomic E-state index is 0.0694. The molecule has 0 saturated heterocycles. The maximum Gasteiger partial charge on any atom is 0.269 e. The first-order valence-electron chi connectivity index (χ1n) is 9.55. The van der Waals surface area contributed by atoms with Crippen molar-refractivity contribution in [2.75, 3.05) is 7.05 Å². The molecule has 4 rings (SSSR count). The van der Waals surface area contributed by atoms with Crippen LogP contribution in [0.2, 0.25) is 0 Å². The Labute approximate surface area is 180 Å². The number of carbonyl (C=O) groups excluding carboxylic acids is 2. The smallest absolute Gasteiger partial charge is 0.269 e. The molecule has 0 aromatic heterocycles. The first-order valence-corrected chi connectivity index (χ1v) is 12.5.